The number of hydrogen-bond donors (Lipinski definition) is 1. The Hall–Kier alpha value is -1.93. The summed E-state index contributed by atoms with van der Waals surface area (Å²) < 4.78 is 38.3. The van der Waals surface area contributed by atoms with Crippen molar-refractivity contribution in [2.24, 2.45) is 0 Å². The third kappa shape index (κ3) is 3.59. The molecule has 0 radical (unpaired) electrons. The van der Waals surface area contributed by atoms with Gasteiger partial charge in [-0.25, -0.2) is 4.98 Å². The monoisotopic (exact) mass is 356 g/mol. The molecule has 1 fully saturated rings. The van der Waals surface area contributed by atoms with Crippen molar-refractivity contribution in [2.45, 2.75) is 25.1 Å². The van der Waals surface area contributed by atoms with E-state index in [-0.39, 0.29) is 11.7 Å². The first-order valence-electron chi connectivity index (χ1n) is 7.45. The summed E-state index contributed by atoms with van der Waals surface area (Å²) in [4.78, 5) is 18.9. The fraction of sp³-hybridized carbons (Fsp3) is 0.375. The summed E-state index contributed by atoms with van der Waals surface area (Å²) in [5.74, 6) is -0.470. The maximum Gasteiger partial charge on any atom is 0.416 e. The van der Waals surface area contributed by atoms with Crippen LogP contribution in [-0.4, -0.2) is 35.1 Å². The van der Waals surface area contributed by atoms with E-state index in [2.05, 4.69) is 4.98 Å². The van der Waals surface area contributed by atoms with Crippen LogP contribution in [0.2, 0.25) is 0 Å². The highest BCUT2D eigenvalue weighted by Crippen LogP contribution is 2.31. The Morgan fingerprint density at radius 1 is 1.29 bits per heavy atom. The Morgan fingerprint density at radius 2 is 2.00 bits per heavy atom. The molecule has 4 nitrogen and oxygen atoms in total. The van der Waals surface area contributed by atoms with Gasteiger partial charge in [-0.3, -0.25) is 4.79 Å². The average Bonchev–Trinajstić information content (AvgIpc) is 3.04. The Labute approximate surface area is 140 Å². The van der Waals surface area contributed by atoms with Gasteiger partial charge in [0, 0.05) is 18.7 Å². The predicted molar refractivity (Wildman–Crippen MR) is 84.4 cm³/mol. The molecule has 0 saturated carbocycles. The first-order valence-corrected chi connectivity index (χ1v) is 8.27. The summed E-state index contributed by atoms with van der Waals surface area (Å²) in [6.07, 6.45) is -2.13. The number of nitrogens with zero attached hydrogens (tertiary/aromatic N) is 2. The van der Waals surface area contributed by atoms with Gasteiger partial charge in [0.2, 0.25) is 5.78 Å². The van der Waals surface area contributed by atoms with Gasteiger partial charge in [0.25, 0.3) is 0 Å². The van der Waals surface area contributed by atoms with Gasteiger partial charge >= 0.3 is 6.18 Å². The second-order valence-corrected chi connectivity index (χ2v) is 6.64. The minimum absolute atomic E-state index is 0.00547. The highest BCUT2D eigenvalue weighted by molar-refractivity contribution is 7.17. The maximum absolute atomic E-state index is 12.8. The van der Waals surface area contributed by atoms with Gasteiger partial charge in [-0.2, -0.15) is 13.2 Å². The lowest BCUT2D eigenvalue weighted by molar-refractivity contribution is -0.137. The largest absolute Gasteiger partial charge is 0.416 e. The molecule has 0 amide bonds. The van der Waals surface area contributed by atoms with Crippen molar-refractivity contribution in [2.75, 3.05) is 18.0 Å². The van der Waals surface area contributed by atoms with Crippen LogP contribution in [-0.2, 0) is 6.18 Å². The van der Waals surface area contributed by atoms with Gasteiger partial charge in [-0.1, -0.05) is 23.5 Å². The SMILES string of the molecule is O=C(c1cccc(C(F)(F)F)c1)c1cnc(N2CCC(O)CC2)s1. The minimum Gasteiger partial charge on any atom is -0.393 e. The van der Waals surface area contributed by atoms with E-state index in [1.165, 1.54) is 18.3 Å². The number of thiazole rings is 1. The zero-order valence-electron chi connectivity index (χ0n) is 12.6. The number of ketones is 1. The molecule has 0 aliphatic carbocycles. The van der Waals surface area contributed by atoms with Crippen LogP contribution in [0.1, 0.15) is 33.6 Å². The number of piperidine rings is 1. The molecule has 1 N–H and O–H groups in total. The van der Waals surface area contributed by atoms with E-state index in [0.29, 0.717) is 35.9 Å². The second-order valence-electron chi connectivity index (χ2n) is 5.63. The van der Waals surface area contributed by atoms with Crippen molar-refractivity contribution in [3.8, 4) is 0 Å². The molecule has 128 valence electrons. The molecule has 1 saturated heterocycles. The van der Waals surface area contributed by atoms with Crippen LogP contribution in [0, 0.1) is 0 Å². The number of halogens is 3. The third-order valence-corrected chi connectivity index (χ3v) is 4.96. The van der Waals surface area contributed by atoms with Crippen molar-refractivity contribution >= 4 is 22.3 Å². The van der Waals surface area contributed by atoms with Gasteiger partial charge in [0.15, 0.2) is 5.13 Å². The van der Waals surface area contributed by atoms with Gasteiger partial charge in [-0.15, -0.1) is 0 Å². The highest BCUT2D eigenvalue weighted by atomic mass is 32.1. The van der Waals surface area contributed by atoms with E-state index in [1.54, 1.807) is 0 Å². The van der Waals surface area contributed by atoms with E-state index in [0.717, 1.165) is 23.5 Å². The predicted octanol–water partition coefficient (Wildman–Crippen LogP) is 3.35. The standard InChI is InChI=1S/C16H15F3N2O2S/c17-16(18,19)11-3-1-2-10(8-11)14(23)13-9-20-15(24-13)21-6-4-12(22)5-7-21/h1-3,8-9,12,22H,4-7H2. The highest BCUT2D eigenvalue weighted by Gasteiger charge is 2.31. The van der Waals surface area contributed by atoms with Crippen LogP contribution in [0.25, 0.3) is 0 Å². The van der Waals surface area contributed by atoms with Crippen molar-refractivity contribution in [1.82, 2.24) is 4.98 Å². The number of carbonyl (C=O) groups excluding carboxylic acids is 1. The number of aliphatic hydroxyl groups is 1. The topological polar surface area (TPSA) is 53.4 Å². The molecular weight excluding hydrogens is 341 g/mol. The minimum atomic E-state index is -4.48. The zero-order chi connectivity index (χ0) is 17.3. The summed E-state index contributed by atoms with van der Waals surface area (Å²) in [5, 5.41) is 10.2. The van der Waals surface area contributed by atoms with Gasteiger partial charge < -0.3 is 10.0 Å². The van der Waals surface area contributed by atoms with Crippen LogP contribution in [0.4, 0.5) is 18.3 Å². The molecule has 2 heterocycles. The molecule has 1 aliphatic rings. The third-order valence-electron chi connectivity index (χ3n) is 3.90. The molecule has 1 aliphatic heterocycles. The number of hydrogen-bond acceptors (Lipinski definition) is 5. The van der Waals surface area contributed by atoms with E-state index < -0.39 is 17.5 Å². The van der Waals surface area contributed by atoms with Crippen molar-refractivity contribution < 1.29 is 23.1 Å². The van der Waals surface area contributed by atoms with Crippen LogP contribution in [0.3, 0.4) is 0 Å². The number of rotatable bonds is 3. The van der Waals surface area contributed by atoms with Crippen LogP contribution in [0.15, 0.2) is 30.5 Å². The summed E-state index contributed by atoms with van der Waals surface area (Å²) in [6, 6.07) is 4.39. The average molecular weight is 356 g/mol. The van der Waals surface area contributed by atoms with Crippen LogP contribution in [0.5, 0.6) is 0 Å². The van der Waals surface area contributed by atoms with Gasteiger partial charge in [0.1, 0.15) is 0 Å². The molecule has 2 aromatic rings. The summed E-state index contributed by atoms with van der Waals surface area (Å²) in [5.41, 5.74) is -0.850. The Balaban J connectivity index is 1.79. The summed E-state index contributed by atoms with van der Waals surface area (Å²) in [7, 11) is 0. The molecular formula is C16H15F3N2O2S. The first-order chi connectivity index (χ1) is 11.3. The van der Waals surface area contributed by atoms with Crippen molar-refractivity contribution in [3.05, 3.63) is 46.5 Å². The molecule has 3 rings (SSSR count). The lowest BCUT2D eigenvalue weighted by Crippen LogP contribution is -2.35. The fourth-order valence-electron chi connectivity index (χ4n) is 2.55. The van der Waals surface area contributed by atoms with Gasteiger partial charge in [-0.05, 0) is 25.0 Å². The second kappa shape index (κ2) is 6.52. The van der Waals surface area contributed by atoms with Crippen LogP contribution < -0.4 is 4.90 Å². The normalized spacial score (nSPS) is 16.4. The van der Waals surface area contributed by atoms with Crippen molar-refractivity contribution in [3.63, 3.8) is 0 Å². The summed E-state index contributed by atoms with van der Waals surface area (Å²) >= 11 is 1.16. The number of aromatic nitrogens is 1. The summed E-state index contributed by atoms with van der Waals surface area (Å²) in [6.45, 7) is 1.29. The smallest absolute Gasteiger partial charge is 0.393 e. The Morgan fingerprint density at radius 3 is 2.67 bits per heavy atom. The zero-order valence-corrected chi connectivity index (χ0v) is 13.4. The molecule has 0 bridgehead atoms. The number of benzene rings is 1. The molecule has 1 aromatic heterocycles. The van der Waals surface area contributed by atoms with E-state index in [9.17, 15) is 23.1 Å². The first kappa shape index (κ1) is 16.9. The fourth-order valence-corrected chi connectivity index (χ4v) is 3.48. The van der Waals surface area contributed by atoms with E-state index >= 15 is 0 Å². The molecule has 0 spiro atoms. The van der Waals surface area contributed by atoms with Crippen LogP contribution >= 0.6 is 11.3 Å². The number of carbonyl (C=O) groups is 1. The Bertz CT molecular complexity index is 737. The number of anilines is 1. The number of alkyl halides is 3. The lowest BCUT2D eigenvalue weighted by atomic mass is 10.1. The maximum atomic E-state index is 12.8. The molecule has 8 heteroatoms. The van der Waals surface area contributed by atoms with Gasteiger partial charge in [0.05, 0.1) is 22.7 Å². The quantitative estimate of drug-likeness (QED) is 0.857. The molecule has 0 atom stereocenters. The van der Waals surface area contributed by atoms with E-state index in [1.807, 2.05) is 4.90 Å². The van der Waals surface area contributed by atoms with E-state index in [4.69, 9.17) is 0 Å². The number of aliphatic hydroxyl groups excluding tert-OH is 1. The lowest BCUT2D eigenvalue weighted by Gasteiger charge is -2.29. The van der Waals surface area contributed by atoms with Crippen molar-refractivity contribution in [1.29, 1.82) is 0 Å². The molecule has 0 unspecified atom stereocenters. The Kier molecular flexibility index (Phi) is 4.60. The molecule has 1 aromatic carbocycles. The molecule has 24 heavy (non-hydrogen) atoms.